The highest BCUT2D eigenvalue weighted by molar-refractivity contribution is 5.83. The quantitative estimate of drug-likeness (QED) is 0.789. The van der Waals surface area contributed by atoms with Gasteiger partial charge in [0.15, 0.2) is 0 Å². The molecule has 0 unspecified atom stereocenters. The fourth-order valence-corrected chi connectivity index (χ4v) is 3.82. The Morgan fingerprint density at radius 2 is 1.86 bits per heavy atom. The molecule has 1 aromatic heterocycles. The molecule has 3 heteroatoms. The largest absolute Gasteiger partial charge is 0.422 e. The van der Waals surface area contributed by atoms with Gasteiger partial charge in [0.05, 0.1) is 0 Å². The standard InChI is InChI=1S/C19H25NO2/c1-12-7-13(2)10-20(9-12)11-16-8-18(21)22-19-15(4)14(3)5-6-17(16)19/h5-6,8,12-13H,7,9-11H2,1-4H3/t12-,13-/m1/s1. The summed E-state index contributed by atoms with van der Waals surface area (Å²) >= 11 is 0. The van der Waals surface area contributed by atoms with Crippen molar-refractivity contribution in [1.82, 2.24) is 4.90 Å². The highest BCUT2D eigenvalue weighted by atomic mass is 16.4. The van der Waals surface area contributed by atoms with E-state index in [0.717, 1.165) is 59.1 Å². The van der Waals surface area contributed by atoms with Crippen LogP contribution < -0.4 is 5.63 Å². The number of piperidine rings is 1. The number of hydrogen-bond acceptors (Lipinski definition) is 3. The second-order valence-corrected chi connectivity index (χ2v) is 7.11. The summed E-state index contributed by atoms with van der Waals surface area (Å²) in [6.07, 6.45) is 1.30. The highest BCUT2D eigenvalue weighted by Gasteiger charge is 2.22. The van der Waals surface area contributed by atoms with Crippen LogP contribution in [0, 0.1) is 25.7 Å². The summed E-state index contributed by atoms with van der Waals surface area (Å²) in [4.78, 5) is 14.4. The molecule has 1 aromatic carbocycles. The Hall–Kier alpha value is -1.61. The lowest BCUT2D eigenvalue weighted by Crippen LogP contribution is -2.38. The lowest BCUT2D eigenvalue weighted by molar-refractivity contribution is 0.134. The lowest BCUT2D eigenvalue weighted by Gasteiger charge is -2.35. The maximum absolute atomic E-state index is 12.0. The van der Waals surface area contributed by atoms with Gasteiger partial charge in [-0.15, -0.1) is 0 Å². The smallest absolute Gasteiger partial charge is 0.336 e. The molecule has 0 radical (unpaired) electrons. The summed E-state index contributed by atoms with van der Waals surface area (Å²) in [6, 6.07) is 5.87. The van der Waals surface area contributed by atoms with Crippen molar-refractivity contribution in [3.8, 4) is 0 Å². The Kier molecular flexibility index (Phi) is 4.09. The summed E-state index contributed by atoms with van der Waals surface area (Å²) in [5.74, 6) is 1.44. The van der Waals surface area contributed by atoms with E-state index in [1.807, 2.05) is 6.92 Å². The molecule has 0 aliphatic carbocycles. The Bertz CT molecular complexity index is 737. The second kappa shape index (κ2) is 5.88. The maximum atomic E-state index is 12.0. The zero-order valence-corrected chi connectivity index (χ0v) is 14.0. The molecule has 1 aliphatic rings. The van der Waals surface area contributed by atoms with Crippen LogP contribution in [0.25, 0.3) is 11.0 Å². The van der Waals surface area contributed by atoms with Gasteiger partial charge in [-0.05, 0) is 48.8 Å². The number of nitrogens with zero attached hydrogens (tertiary/aromatic N) is 1. The zero-order chi connectivity index (χ0) is 15.9. The SMILES string of the molecule is Cc1ccc2c(CN3C[C@H](C)C[C@@H](C)C3)cc(=O)oc2c1C. The molecule has 22 heavy (non-hydrogen) atoms. The first kappa shape index (κ1) is 15.3. The topological polar surface area (TPSA) is 33.5 Å². The first-order valence-electron chi connectivity index (χ1n) is 8.19. The van der Waals surface area contributed by atoms with E-state index in [2.05, 4.69) is 37.8 Å². The van der Waals surface area contributed by atoms with Gasteiger partial charge in [0.25, 0.3) is 0 Å². The van der Waals surface area contributed by atoms with Crippen LogP contribution in [-0.2, 0) is 6.54 Å². The predicted molar refractivity (Wildman–Crippen MR) is 90.2 cm³/mol. The van der Waals surface area contributed by atoms with E-state index in [9.17, 15) is 4.79 Å². The monoisotopic (exact) mass is 299 g/mol. The maximum Gasteiger partial charge on any atom is 0.336 e. The van der Waals surface area contributed by atoms with E-state index in [-0.39, 0.29) is 5.63 Å². The first-order valence-corrected chi connectivity index (χ1v) is 8.19. The van der Waals surface area contributed by atoms with Crippen molar-refractivity contribution < 1.29 is 4.42 Å². The molecule has 1 fully saturated rings. The summed E-state index contributed by atoms with van der Waals surface area (Å²) in [5.41, 5.74) is 3.83. The van der Waals surface area contributed by atoms with Crippen LogP contribution in [0.1, 0.15) is 37.0 Å². The molecule has 0 bridgehead atoms. The molecule has 2 atom stereocenters. The van der Waals surface area contributed by atoms with Crippen molar-refractivity contribution >= 4 is 11.0 Å². The van der Waals surface area contributed by atoms with Crippen LogP contribution in [0.5, 0.6) is 0 Å². The molecule has 2 heterocycles. The highest BCUT2D eigenvalue weighted by Crippen LogP contribution is 2.27. The van der Waals surface area contributed by atoms with E-state index in [4.69, 9.17) is 4.42 Å². The summed E-state index contributed by atoms with van der Waals surface area (Å²) in [6.45, 7) is 11.7. The molecule has 3 nitrogen and oxygen atoms in total. The van der Waals surface area contributed by atoms with Gasteiger partial charge in [-0.3, -0.25) is 4.90 Å². The van der Waals surface area contributed by atoms with Gasteiger partial charge >= 0.3 is 5.63 Å². The fourth-order valence-electron chi connectivity index (χ4n) is 3.82. The number of hydrogen-bond donors (Lipinski definition) is 0. The average Bonchev–Trinajstić information content (AvgIpc) is 2.42. The van der Waals surface area contributed by atoms with E-state index in [0.29, 0.717) is 0 Å². The fraction of sp³-hybridized carbons (Fsp3) is 0.526. The molecule has 0 saturated carbocycles. The van der Waals surface area contributed by atoms with Crippen molar-refractivity contribution in [2.75, 3.05) is 13.1 Å². The summed E-state index contributed by atoms with van der Waals surface area (Å²) in [7, 11) is 0. The van der Waals surface area contributed by atoms with Gasteiger partial charge in [-0.2, -0.15) is 0 Å². The third-order valence-corrected chi connectivity index (χ3v) is 4.86. The number of aryl methyl sites for hydroxylation is 2. The molecule has 0 amide bonds. The Morgan fingerprint density at radius 1 is 1.18 bits per heavy atom. The molecule has 3 rings (SSSR count). The van der Waals surface area contributed by atoms with Gasteiger partial charge in [0.2, 0.25) is 0 Å². The Morgan fingerprint density at radius 3 is 2.55 bits per heavy atom. The van der Waals surface area contributed by atoms with Crippen LogP contribution in [0.2, 0.25) is 0 Å². The van der Waals surface area contributed by atoms with Gasteiger partial charge in [0, 0.05) is 31.1 Å². The van der Waals surface area contributed by atoms with E-state index >= 15 is 0 Å². The van der Waals surface area contributed by atoms with Crippen LogP contribution in [0.3, 0.4) is 0 Å². The van der Waals surface area contributed by atoms with Crippen molar-refractivity contribution in [3.05, 3.63) is 45.3 Å². The Balaban J connectivity index is 2.00. The average molecular weight is 299 g/mol. The van der Waals surface area contributed by atoms with Crippen molar-refractivity contribution in [1.29, 1.82) is 0 Å². The number of benzene rings is 1. The van der Waals surface area contributed by atoms with Gasteiger partial charge in [-0.25, -0.2) is 4.79 Å². The zero-order valence-electron chi connectivity index (χ0n) is 14.0. The number of fused-ring (bicyclic) bond motifs is 1. The lowest BCUT2D eigenvalue weighted by atomic mass is 9.91. The van der Waals surface area contributed by atoms with Crippen molar-refractivity contribution in [2.45, 2.75) is 40.7 Å². The molecule has 1 aliphatic heterocycles. The van der Waals surface area contributed by atoms with Crippen LogP contribution in [-0.4, -0.2) is 18.0 Å². The minimum Gasteiger partial charge on any atom is -0.422 e. The normalized spacial score (nSPS) is 23.1. The molecule has 2 aromatic rings. The van der Waals surface area contributed by atoms with Crippen LogP contribution in [0.4, 0.5) is 0 Å². The Labute approximate surface area is 131 Å². The third-order valence-electron chi connectivity index (χ3n) is 4.86. The molecule has 1 saturated heterocycles. The second-order valence-electron chi connectivity index (χ2n) is 7.11. The summed E-state index contributed by atoms with van der Waals surface area (Å²) < 4.78 is 5.47. The van der Waals surface area contributed by atoms with Gasteiger partial charge in [0.1, 0.15) is 5.58 Å². The third kappa shape index (κ3) is 2.95. The van der Waals surface area contributed by atoms with E-state index < -0.39 is 0 Å². The van der Waals surface area contributed by atoms with Crippen LogP contribution in [0.15, 0.2) is 27.4 Å². The number of rotatable bonds is 2. The molecular weight excluding hydrogens is 274 g/mol. The van der Waals surface area contributed by atoms with E-state index in [1.165, 1.54) is 6.42 Å². The molecule has 0 N–H and O–H groups in total. The van der Waals surface area contributed by atoms with Crippen molar-refractivity contribution in [3.63, 3.8) is 0 Å². The molecule has 118 valence electrons. The molecule has 0 spiro atoms. The van der Waals surface area contributed by atoms with E-state index in [1.54, 1.807) is 6.07 Å². The van der Waals surface area contributed by atoms with Crippen LogP contribution >= 0.6 is 0 Å². The minimum atomic E-state index is -0.241. The summed E-state index contributed by atoms with van der Waals surface area (Å²) in [5, 5.41) is 1.08. The first-order chi connectivity index (χ1) is 10.4. The van der Waals surface area contributed by atoms with Crippen molar-refractivity contribution in [2.24, 2.45) is 11.8 Å². The van der Waals surface area contributed by atoms with Gasteiger partial charge < -0.3 is 4.42 Å². The predicted octanol–water partition coefficient (Wildman–Crippen LogP) is 3.89. The molecular formula is C19H25NO2. The van der Waals surface area contributed by atoms with Gasteiger partial charge in [-0.1, -0.05) is 26.0 Å². The number of likely N-dealkylation sites (tertiary alicyclic amines) is 1. The minimum absolute atomic E-state index is 0.241.